The molecule has 5 rings (SSSR count). The van der Waals surface area contributed by atoms with Crippen molar-refractivity contribution in [1.29, 1.82) is 0 Å². The summed E-state index contributed by atoms with van der Waals surface area (Å²) in [5, 5.41) is 0. The average molecular weight is 374 g/mol. The molecule has 3 aromatic carbocycles. The van der Waals surface area contributed by atoms with Crippen LogP contribution in [0.5, 0.6) is 23.0 Å². The Bertz CT molecular complexity index is 1030. The van der Waals surface area contributed by atoms with Gasteiger partial charge in [0.1, 0.15) is 24.2 Å². The second kappa shape index (κ2) is 6.93. The molecule has 2 aliphatic heterocycles. The third-order valence-electron chi connectivity index (χ3n) is 4.91. The van der Waals surface area contributed by atoms with Crippen molar-refractivity contribution >= 4 is 5.78 Å². The lowest BCUT2D eigenvalue weighted by molar-refractivity contribution is 0.0848. The van der Waals surface area contributed by atoms with Gasteiger partial charge in [0.05, 0.1) is 12.0 Å². The van der Waals surface area contributed by atoms with Gasteiger partial charge in [-0.1, -0.05) is 36.4 Å². The van der Waals surface area contributed by atoms with Gasteiger partial charge in [0, 0.05) is 0 Å². The summed E-state index contributed by atoms with van der Waals surface area (Å²) in [6.07, 6.45) is -0.0694. The van der Waals surface area contributed by atoms with E-state index in [0.29, 0.717) is 35.2 Å². The molecule has 0 amide bonds. The Morgan fingerprint density at radius 1 is 0.893 bits per heavy atom. The summed E-state index contributed by atoms with van der Waals surface area (Å²) in [7, 11) is 0. The number of ketones is 1. The average Bonchev–Trinajstić information content (AvgIpc) is 3.21. The third kappa shape index (κ3) is 3.16. The van der Waals surface area contributed by atoms with Crippen LogP contribution in [0.25, 0.3) is 0 Å². The number of rotatable bonds is 4. The minimum absolute atomic E-state index is 0.0362. The van der Waals surface area contributed by atoms with Crippen molar-refractivity contribution in [3.05, 3.63) is 83.4 Å². The Hall–Kier alpha value is -3.47. The number of benzene rings is 3. The van der Waals surface area contributed by atoms with Gasteiger partial charge in [0.15, 0.2) is 17.3 Å². The van der Waals surface area contributed by atoms with Crippen molar-refractivity contribution in [3.63, 3.8) is 0 Å². The van der Waals surface area contributed by atoms with E-state index >= 15 is 0 Å². The zero-order valence-corrected chi connectivity index (χ0v) is 15.1. The van der Waals surface area contributed by atoms with E-state index in [2.05, 4.69) is 0 Å². The molecule has 0 aliphatic carbocycles. The molecule has 0 saturated carbocycles. The van der Waals surface area contributed by atoms with E-state index in [1.165, 1.54) is 0 Å². The normalized spacial score (nSPS) is 17.0. The molecular weight excluding hydrogens is 356 g/mol. The number of carbonyl (C=O) groups excluding carboxylic acids is 1. The first-order chi connectivity index (χ1) is 13.8. The third-order valence-corrected chi connectivity index (χ3v) is 4.91. The zero-order valence-electron chi connectivity index (χ0n) is 15.1. The van der Waals surface area contributed by atoms with Gasteiger partial charge in [-0.3, -0.25) is 4.79 Å². The van der Waals surface area contributed by atoms with Crippen LogP contribution in [0.1, 0.15) is 34.0 Å². The smallest absolute Gasteiger partial charge is 0.231 e. The van der Waals surface area contributed by atoms with Crippen LogP contribution in [0.2, 0.25) is 0 Å². The summed E-state index contributed by atoms with van der Waals surface area (Å²) >= 11 is 0. The van der Waals surface area contributed by atoms with Crippen LogP contribution in [0, 0.1) is 0 Å². The summed E-state index contributed by atoms with van der Waals surface area (Å²) in [4.78, 5) is 12.7. The fourth-order valence-corrected chi connectivity index (χ4v) is 3.43. The van der Waals surface area contributed by atoms with E-state index < -0.39 is 0 Å². The molecular formula is C23H18O5. The molecule has 0 N–H and O–H groups in total. The number of fused-ring (bicyclic) bond motifs is 2. The van der Waals surface area contributed by atoms with Crippen LogP contribution in [0.3, 0.4) is 0 Å². The van der Waals surface area contributed by atoms with E-state index in [0.717, 1.165) is 11.1 Å². The van der Waals surface area contributed by atoms with Gasteiger partial charge in [-0.05, 0) is 41.5 Å². The van der Waals surface area contributed by atoms with Gasteiger partial charge in [-0.15, -0.1) is 0 Å². The fourth-order valence-electron chi connectivity index (χ4n) is 3.43. The molecule has 28 heavy (non-hydrogen) atoms. The summed E-state index contributed by atoms with van der Waals surface area (Å²) in [6, 6.07) is 20.9. The second-order valence-electron chi connectivity index (χ2n) is 6.78. The topological polar surface area (TPSA) is 54.0 Å². The van der Waals surface area contributed by atoms with E-state index in [1.807, 2.05) is 54.6 Å². The molecule has 0 spiro atoms. The van der Waals surface area contributed by atoms with Crippen molar-refractivity contribution < 1.29 is 23.7 Å². The summed E-state index contributed by atoms with van der Waals surface area (Å²) < 4.78 is 22.7. The molecule has 1 unspecified atom stereocenters. The van der Waals surface area contributed by atoms with E-state index in [-0.39, 0.29) is 25.1 Å². The first-order valence-electron chi connectivity index (χ1n) is 9.16. The quantitative estimate of drug-likeness (QED) is 0.662. The van der Waals surface area contributed by atoms with E-state index in [4.69, 9.17) is 18.9 Å². The Labute approximate surface area is 162 Å². The molecule has 5 heteroatoms. The standard InChI is InChI=1S/C23H18O5/c24-19-12-22(16-6-8-21-23(10-16)27-14-26-21)28-20-9-7-17(11-18(19)20)25-13-15-4-2-1-3-5-15/h1-11,22H,12-14H2. The Balaban J connectivity index is 1.34. The number of Topliss-reactive ketones (excluding diaryl/α,β-unsaturated/α-hetero) is 1. The molecule has 2 heterocycles. The molecule has 1 atom stereocenters. The van der Waals surface area contributed by atoms with Crippen molar-refractivity contribution in [2.45, 2.75) is 19.1 Å². The molecule has 0 aromatic heterocycles. The monoisotopic (exact) mass is 374 g/mol. The van der Waals surface area contributed by atoms with Crippen LogP contribution < -0.4 is 18.9 Å². The highest BCUT2D eigenvalue weighted by Crippen LogP contribution is 2.40. The highest BCUT2D eigenvalue weighted by atomic mass is 16.7. The molecule has 0 fully saturated rings. The maximum atomic E-state index is 12.7. The second-order valence-corrected chi connectivity index (χ2v) is 6.78. The Morgan fingerprint density at radius 3 is 2.61 bits per heavy atom. The summed E-state index contributed by atoms with van der Waals surface area (Å²) in [6.45, 7) is 0.673. The lowest BCUT2D eigenvalue weighted by Crippen LogP contribution is -2.20. The molecule has 2 aliphatic rings. The van der Waals surface area contributed by atoms with E-state index in [1.54, 1.807) is 12.1 Å². The van der Waals surface area contributed by atoms with Crippen LogP contribution >= 0.6 is 0 Å². The minimum atomic E-state index is -0.342. The fraction of sp³-hybridized carbons (Fsp3) is 0.174. The van der Waals surface area contributed by atoms with Crippen molar-refractivity contribution in [3.8, 4) is 23.0 Å². The number of hydrogen-bond acceptors (Lipinski definition) is 5. The van der Waals surface area contributed by atoms with Crippen molar-refractivity contribution in [2.24, 2.45) is 0 Å². The molecule has 0 bridgehead atoms. The molecule has 140 valence electrons. The van der Waals surface area contributed by atoms with Crippen LogP contribution in [0.4, 0.5) is 0 Å². The molecule has 0 saturated heterocycles. The lowest BCUT2D eigenvalue weighted by Gasteiger charge is -2.26. The van der Waals surface area contributed by atoms with Gasteiger partial charge < -0.3 is 18.9 Å². The van der Waals surface area contributed by atoms with Gasteiger partial charge in [0.2, 0.25) is 6.79 Å². The largest absolute Gasteiger partial charge is 0.489 e. The zero-order chi connectivity index (χ0) is 18.9. The Morgan fingerprint density at radius 2 is 1.71 bits per heavy atom. The minimum Gasteiger partial charge on any atom is -0.489 e. The maximum absolute atomic E-state index is 12.7. The highest BCUT2D eigenvalue weighted by Gasteiger charge is 2.29. The van der Waals surface area contributed by atoms with Crippen LogP contribution in [-0.2, 0) is 6.61 Å². The predicted octanol–water partition coefficient (Wildman–Crippen LogP) is 4.70. The van der Waals surface area contributed by atoms with Crippen LogP contribution in [0.15, 0.2) is 66.7 Å². The highest BCUT2D eigenvalue weighted by molar-refractivity contribution is 6.00. The molecule has 5 nitrogen and oxygen atoms in total. The van der Waals surface area contributed by atoms with Gasteiger partial charge in [-0.2, -0.15) is 0 Å². The van der Waals surface area contributed by atoms with E-state index in [9.17, 15) is 4.79 Å². The predicted molar refractivity (Wildman–Crippen MR) is 102 cm³/mol. The number of ether oxygens (including phenoxy) is 4. The summed E-state index contributed by atoms with van der Waals surface area (Å²) in [5.74, 6) is 2.66. The lowest BCUT2D eigenvalue weighted by atomic mass is 9.96. The van der Waals surface area contributed by atoms with Gasteiger partial charge >= 0.3 is 0 Å². The van der Waals surface area contributed by atoms with Gasteiger partial charge in [-0.25, -0.2) is 0 Å². The van der Waals surface area contributed by atoms with Crippen molar-refractivity contribution in [2.75, 3.05) is 6.79 Å². The number of carbonyl (C=O) groups is 1. The van der Waals surface area contributed by atoms with Crippen LogP contribution in [-0.4, -0.2) is 12.6 Å². The summed E-state index contributed by atoms with van der Waals surface area (Å²) in [5.41, 5.74) is 2.53. The number of hydrogen-bond donors (Lipinski definition) is 0. The molecule has 0 radical (unpaired) electrons. The Kier molecular flexibility index (Phi) is 4.13. The maximum Gasteiger partial charge on any atom is 0.231 e. The first-order valence-corrected chi connectivity index (χ1v) is 9.16. The first kappa shape index (κ1) is 16.7. The SMILES string of the molecule is O=C1CC(c2ccc3c(c2)OCO3)Oc2ccc(OCc3ccccc3)cc21. The molecule has 3 aromatic rings. The van der Waals surface area contributed by atoms with Gasteiger partial charge in [0.25, 0.3) is 0 Å². The van der Waals surface area contributed by atoms with Crippen molar-refractivity contribution in [1.82, 2.24) is 0 Å².